The first kappa shape index (κ1) is 8.93. The Morgan fingerprint density at radius 2 is 2.09 bits per heavy atom. The number of thiophene rings is 1. The maximum Gasteiger partial charge on any atom is 0.418 e. The van der Waals surface area contributed by atoms with Crippen molar-refractivity contribution >= 4 is 23.1 Å². The van der Waals surface area contributed by atoms with Crippen LogP contribution in [0.1, 0.15) is 5.56 Å². The van der Waals surface area contributed by atoms with Gasteiger partial charge in [-0.3, -0.25) is 0 Å². The van der Waals surface area contributed by atoms with E-state index in [1.165, 1.54) is 5.38 Å². The van der Waals surface area contributed by atoms with Crippen molar-refractivity contribution in [1.29, 1.82) is 0 Å². The third-order valence-corrected chi connectivity index (χ3v) is 3.21. The molecule has 1 aromatic rings. The minimum atomic E-state index is -4.20. The van der Waals surface area contributed by atoms with Crippen LogP contribution < -0.4 is 0 Å². The lowest BCUT2D eigenvalue weighted by atomic mass is 10.3. The molecule has 0 atom stereocenters. The average Bonchev–Trinajstić information content (AvgIpc) is 2.31. The van der Waals surface area contributed by atoms with Crippen LogP contribution in [0.2, 0.25) is 0 Å². The number of alkyl halides is 3. The summed E-state index contributed by atoms with van der Waals surface area (Å²) in [7, 11) is 0. The molecular weight excluding hydrogens is 193 g/mol. The average molecular weight is 198 g/mol. The van der Waals surface area contributed by atoms with Crippen LogP contribution in [-0.4, -0.2) is 6.26 Å². The van der Waals surface area contributed by atoms with Crippen molar-refractivity contribution < 1.29 is 13.2 Å². The summed E-state index contributed by atoms with van der Waals surface area (Å²) in [6, 6.07) is 1.11. The van der Waals surface area contributed by atoms with E-state index in [-0.39, 0.29) is 0 Å². The van der Waals surface area contributed by atoms with Gasteiger partial charge >= 0.3 is 6.18 Å². The van der Waals surface area contributed by atoms with Crippen molar-refractivity contribution in [1.82, 2.24) is 0 Å². The zero-order valence-electron chi connectivity index (χ0n) is 5.61. The minimum Gasteiger partial charge on any atom is -0.166 e. The normalized spacial score (nSPS) is 12.0. The standard InChI is InChI=1S/C6H5F3S2/c1-10-5-4(2-3-11-5)6(7,8)9/h2-3H,1H3. The van der Waals surface area contributed by atoms with Gasteiger partial charge in [0.25, 0.3) is 0 Å². The fourth-order valence-electron chi connectivity index (χ4n) is 0.664. The monoisotopic (exact) mass is 198 g/mol. The van der Waals surface area contributed by atoms with Gasteiger partial charge in [0, 0.05) is 0 Å². The highest BCUT2D eigenvalue weighted by molar-refractivity contribution is 8.00. The second-order valence-corrected chi connectivity index (χ2v) is 3.81. The lowest BCUT2D eigenvalue weighted by Gasteiger charge is -2.04. The topological polar surface area (TPSA) is 0 Å². The minimum absolute atomic E-state index is 0.331. The van der Waals surface area contributed by atoms with Gasteiger partial charge in [-0.05, 0) is 17.7 Å². The SMILES string of the molecule is CSc1sccc1C(F)(F)F. The summed E-state index contributed by atoms with van der Waals surface area (Å²) in [6.07, 6.45) is -2.56. The molecule has 1 heterocycles. The number of hydrogen-bond donors (Lipinski definition) is 0. The molecular formula is C6H5F3S2. The second kappa shape index (κ2) is 3.06. The summed E-state index contributed by atoms with van der Waals surface area (Å²) in [5, 5.41) is 1.45. The Hall–Kier alpha value is -0.160. The predicted molar refractivity (Wildman–Crippen MR) is 41.1 cm³/mol. The maximum atomic E-state index is 12.1. The fourth-order valence-corrected chi connectivity index (χ4v) is 2.26. The Labute approximate surface area is 70.4 Å². The molecule has 1 aromatic heterocycles. The first-order valence-electron chi connectivity index (χ1n) is 2.74. The predicted octanol–water partition coefficient (Wildman–Crippen LogP) is 3.49. The Morgan fingerprint density at radius 1 is 1.45 bits per heavy atom. The highest BCUT2D eigenvalue weighted by Gasteiger charge is 2.33. The molecule has 0 nitrogen and oxygen atoms in total. The van der Waals surface area contributed by atoms with Gasteiger partial charge < -0.3 is 0 Å². The van der Waals surface area contributed by atoms with Crippen LogP contribution in [0.4, 0.5) is 13.2 Å². The number of hydrogen-bond acceptors (Lipinski definition) is 2. The third kappa shape index (κ3) is 1.90. The van der Waals surface area contributed by atoms with Crippen LogP contribution in [0, 0.1) is 0 Å². The molecule has 0 aliphatic carbocycles. The molecule has 11 heavy (non-hydrogen) atoms. The molecule has 0 saturated heterocycles. The van der Waals surface area contributed by atoms with Crippen molar-refractivity contribution in [3.8, 4) is 0 Å². The molecule has 5 heteroatoms. The fraction of sp³-hybridized carbons (Fsp3) is 0.333. The lowest BCUT2D eigenvalue weighted by molar-refractivity contribution is -0.139. The molecule has 0 saturated carbocycles. The van der Waals surface area contributed by atoms with Crippen LogP contribution in [0.25, 0.3) is 0 Å². The van der Waals surface area contributed by atoms with Crippen molar-refractivity contribution in [2.75, 3.05) is 6.26 Å². The van der Waals surface area contributed by atoms with Gasteiger partial charge in [-0.1, -0.05) is 0 Å². The van der Waals surface area contributed by atoms with Crippen molar-refractivity contribution in [2.24, 2.45) is 0 Å². The van der Waals surface area contributed by atoms with Crippen LogP contribution in [-0.2, 0) is 6.18 Å². The van der Waals surface area contributed by atoms with Crippen molar-refractivity contribution in [3.63, 3.8) is 0 Å². The Bertz CT molecular complexity index is 238. The summed E-state index contributed by atoms with van der Waals surface area (Å²) in [6.45, 7) is 0. The van der Waals surface area contributed by atoms with Gasteiger partial charge in [-0.2, -0.15) is 13.2 Å². The summed E-state index contributed by atoms with van der Waals surface area (Å²) in [5.74, 6) is 0. The number of thioether (sulfide) groups is 1. The number of rotatable bonds is 1. The van der Waals surface area contributed by atoms with Crippen LogP contribution in [0.3, 0.4) is 0 Å². The molecule has 0 aromatic carbocycles. The Kier molecular flexibility index (Phi) is 2.49. The van der Waals surface area contributed by atoms with Gasteiger partial charge in [-0.15, -0.1) is 23.1 Å². The Morgan fingerprint density at radius 3 is 2.45 bits per heavy atom. The van der Waals surface area contributed by atoms with Gasteiger partial charge in [0.05, 0.1) is 9.77 Å². The van der Waals surface area contributed by atoms with Gasteiger partial charge in [-0.25, -0.2) is 0 Å². The van der Waals surface area contributed by atoms with E-state index in [9.17, 15) is 13.2 Å². The molecule has 0 fully saturated rings. The molecule has 0 amide bonds. The van der Waals surface area contributed by atoms with Crippen LogP contribution in [0.5, 0.6) is 0 Å². The van der Waals surface area contributed by atoms with Gasteiger partial charge in [0.2, 0.25) is 0 Å². The molecule has 0 unspecified atom stereocenters. The van der Waals surface area contributed by atoms with E-state index in [4.69, 9.17) is 0 Å². The van der Waals surface area contributed by atoms with Gasteiger partial charge in [0.15, 0.2) is 0 Å². The van der Waals surface area contributed by atoms with Gasteiger partial charge in [0.1, 0.15) is 0 Å². The molecule has 62 valence electrons. The lowest BCUT2D eigenvalue weighted by Crippen LogP contribution is -2.03. The summed E-state index contributed by atoms with van der Waals surface area (Å²) in [5.41, 5.74) is -0.519. The molecule has 0 spiro atoms. The Balaban J connectivity index is 3.02. The quantitative estimate of drug-likeness (QED) is 0.622. The van der Waals surface area contributed by atoms with E-state index in [0.717, 1.165) is 29.2 Å². The van der Waals surface area contributed by atoms with E-state index >= 15 is 0 Å². The molecule has 0 aliphatic rings. The zero-order valence-corrected chi connectivity index (χ0v) is 7.24. The van der Waals surface area contributed by atoms with Crippen molar-refractivity contribution in [3.05, 3.63) is 17.0 Å². The first-order chi connectivity index (χ1) is 5.05. The maximum absolute atomic E-state index is 12.1. The molecule has 0 N–H and O–H groups in total. The van der Waals surface area contributed by atoms with Crippen LogP contribution >= 0.6 is 23.1 Å². The van der Waals surface area contributed by atoms with E-state index in [0.29, 0.717) is 4.21 Å². The highest BCUT2D eigenvalue weighted by atomic mass is 32.2. The molecule has 0 radical (unpaired) electrons. The molecule has 0 aliphatic heterocycles. The smallest absolute Gasteiger partial charge is 0.166 e. The highest BCUT2D eigenvalue weighted by Crippen LogP contribution is 2.38. The molecule has 0 bridgehead atoms. The first-order valence-corrected chi connectivity index (χ1v) is 4.85. The largest absolute Gasteiger partial charge is 0.418 e. The second-order valence-electron chi connectivity index (χ2n) is 1.82. The molecule has 1 rings (SSSR count). The van der Waals surface area contributed by atoms with Crippen molar-refractivity contribution in [2.45, 2.75) is 10.4 Å². The van der Waals surface area contributed by atoms with E-state index in [1.54, 1.807) is 6.26 Å². The zero-order chi connectivity index (χ0) is 8.48. The third-order valence-electron chi connectivity index (χ3n) is 1.12. The summed E-state index contributed by atoms with van der Waals surface area (Å²) in [4.78, 5) is 0. The number of halogens is 3. The van der Waals surface area contributed by atoms with E-state index in [1.807, 2.05) is 0 Å². The summed E-state index contributed by atoms with van der Waals surface area (Å²) >= 11 is 2.25. The van der Waals surface area contributed by atoms with E-state index < -0.39 is 11.7 Å². The summed E-state index contributed by atoms with van der Waals surface area (Å²) < 4.78 is 36.5. The van der Waals surface area contributed by atoms with Crippen LogP contribution in [0.15, 0.2) is 15.7 Å². The van der Waals surface area contributed by atoms with E-state index in [2.05, 4.69) is 0 Å².